The van der Waals surface area contributed by atoms with E-state index in [0.29, 0.717) is 17.7 Å². The minimum atomic E-state index is -0.102. The Kier molecular flexibility index (Phi) is 5.98. The van der Waals surface area contributed by atoms with E-state index in [1.54, 1.807) is 42.6 Å². The second-order valence-electron chi connectivity index (χ2n) is 6.48. The number of carbonyl (C=O) groups is 1. The molecule has 0 saturated heterocycles. The Bertz CT molecular complexity index is 1020. The van der Waals surface area contributed by atoms with Crippen LogP contribution in [0.1, 0.15) is 38.3 Å². The van der Waals surface area contributed by atoms with Crippen LogP contribution in [0.3, 0.4) is 0 Å². The van der Waals surface area contributed by atoms with E-state index in [2.05, 4.69) is 4.98 Å². The van der Waals surface area contributed by atoms with Gasteiger partial charge in [-0.05, 0) is 85.1 Å². The van der Waals surface area contributed by atoms with E-state index in [4.69, 9.17) is 10.00 Å². The number of pyridine rings is 1. The molecule has 2 aromatic carbocycles. The number of hydrogen-bond acceptors (Lipinski definition) is 4. The van der Waals surface area contributed by atoms with E-state index in [1.807, 2.05) is 50.2 Å². The zero-order valence-electron chi connectivity index (χ0n) is 15.8. The van der Waals surface area contributed by atoms with Gasteiger partial charge in [0.1, 0.15) is 12.4 Å². The predicted molar refractivity (Wildman–Crippen MR) is 109 cm³/mol. The number of nitriles is 1. The quantitative estimate of drug-likeness (QED) is 0.451. The number of ether oxygens (including phenoxy) is 1. The summed E-state index contributed by atoms with van der Waals surface area (Å²) < 4.78 is 5.95. The molecule has 28 heavy (non-hydrogen) atoms. The van der Waals surface area contributed by atoms with Gasteiger partial charge in [0.2, 0.25) is 0 Å². The van der Waals surface area contributed by atoms with Crippen LogP contribution >= 0.6 is 0 Å². The number of rotatable bonds is 6. The van der Waals surface area contributed by atoms with Crippen molar-refractivity contribution in [2.45, 2.75) is 20.5 Å². The maximum Gasteiger partial charge on any atom is 0.185 e. The lowest BCUT2D eigenvalue weighted by molar-refractivity contribution is 0.104. The Balaban J connectivity index is 1.71. The summed E-state index contributed by atoms with van der Waals surface area (Å²) >= 11 is 0. The minimum Gasteiger partial charge on any atom is -0.487 e. The number of carbonyl (C=O) groups excluding carboxylic acids is 1. The fourth-order valence-electron chi connectivity index (χ4n) is 2.91. The summed E-state index contributed by atoms with van der Waals surface area (Å²) in [4.78, 5) is 16.6. The summed E-state index contributed by atoms with van der Waals surface area (Å²) in [6.07, 6.45) is 5.09. The number of aromatic nitrogens is 1. The molecule has 0 aliphatic carbocycles. The molecule has 0 bridgehead atoms. The molecular formula is C24H20N2O2. The Hall–Kier alpha value is -3.71. The zero-order valence-corrected chi connectivity index (χ0v) is 15.8. The van der Waals surface area contributed by atoms with Gasteiger partial charge in [0.15, 0.2) is 5.78 Å². The molecule has 0 atom stereocenters. The van der Waals surface area contributed by atoms with Crippen LogP contribution < -0.4 is 4.74 Å². The van der Waals surface area contributed by atoms with E-state index in [-0.39, 0.29) is 5.78 Å². The smallest absolute Gasteiger partial charge is 0.185 e. The highest BCUT2D eigenvalue weighted by molar-refractivity contribution is 6.06. The number of nitrogens with zero attached hydrogens (tertiary/aromatic N) is 2. The second-order valence-corrected chi connectivity index (χ2v) is 6.48. The summed E-state index contributed by atoms with van der Waals surface area (Å²) in [5, 5.41) is 8.83. The van der Waals surface area contributed by atoms with Crippen LogP contribution in [0, 0.1) is 25.2 Å². The molecule has 0 saturated carbocycles. The number of hydrogen-bond donors (Lipinski definition) is 0. The van der Waals surface area contributed by atoms with Gasteiger partial charge in [-0.2, -0.15) is 5.26 Å². The molecule has 4 nitrogen and oxygen atoms in total. The Morgan fingerprint density at radius 1 is 1.11 bits per heavy atom. The van der Waals surface area contributed by atoms with Gasteiger partial charge in [-0.25, -0.2) is 0 Å². The lowest BCUT2D eigenvalue weighted by atomic mass is 10.0. The third kappa shape index (κ3) is 4.72. The molecule has 0 aliphatic rings. The topological polar surface area (TPSA) is 63.0 Å². The van der Waals surface area contributed by atoms with Crippen molar-refractivity contribution in [3.8, 4) is 11.8 Å². The molecule has 0 amide bonds. The molecule has 0 radical (unpaired) electrons. The fraction of sp³-hybridized carbons (Fsp3) is 0.125. The van der Waals surface area contributed by atoms with Crippen molar-refractivity contribution in [1.29, 1.82) is 5.26 Å². The molecule has 1 heterocycles. The van der Waals surface area contributed by atoms with Gasteiger partial charge >= 0.3 is 0 Å². The van der Waals surface area contributed by atoms with Gasteiger partial charge < -0.3 is 4.74 Å². The van der Waals surface area contributed by atoms with E-state index in [1.165, 1.54) is 0 Å². The van der Waals surface area contributed by atoms with Crippen molar-refractivity contribution >= 4 is 11.9 Å². The van der Waals surface area contributed by atoms with Crippen LogP contribution in [0.5, 0.6) is 5.75 Å². The second kappa shape index (κ2) is 8.79. The van der Waals surface area contributed by atoms with Gasteiger partial charge in [0, 0.05) is 11.8 Å². The van der Waals surface area contributed by atoms with Crippen LogP contribution in [-0.4, -0.2) is 10.8 Å². The number of benzene rings is 2. The van der Waals surface area contributed by atoms with Gasteiger partial charge in [-0.3, -0.25) is 9.78 Å². The average Bonchev–Trinajstić information content (AvgIpc) is 2.72. The average molecular weight is 368 g/mol. The highest BCUT2D eigenvalue weighted by Crippen LogP contribution is 2.26. The first-order valence-corrected chi connectivity index (χ1v) is 8.93. The third-order valence-electron chi connectivity index (χ3n) is 4.30. The molecule has 0 spiro atoms. The number of ketones is 1. The van der Waals surface area contributed by atoms with Gasteiger partial charge in [0.05, 0.1) is 17.3 Å². The molecule has 0 unspecified atom stereocenters. The van der Waals surface area contributed by atoms with Crippen molar-refractivity contribution in [2.24, 2.45) is 0 Å². The van der Waals surface area contributed by atoms with E-state index in [9.17, 15) is 4.79 Å². The Labute approximate surface area is 164 Å². The molecular weight excluding hydrogens is 348 g/mol. The van der Waals surface area contributed by atoms with E-state index >= 15 is 0 Å². The maximum absolute atomic E-state index is 12.3. The summed E-state index contributed by atoms with van der Waals surface area (Å²) in [6.45, 7) is 4.38. The predicted octanol–water partition coefficient (Wildman–Crippen LogP) is 5.05. The molecule has 0 fully saturated rings. The van der Waals surface area contributed by atoms with E-state index < -0.39 is 0 Å². The first kappa shape index (κ1) is 19.1. The van der Waals surface area contributed by atoms with Crippen LogP contribution in [0.2, 0.25) is 0 Å². The zero-order chi connectivity index (χ0) is 19.9. The fourth-order valence-corrected chi connectivity index (χ4v) is 2.91. The Morgan fingerprint density at radius 3 is 2.43 bits per heavy atom. The SMILES string of the molecule is Cc1cc(C=CC(=O)c2ccc(C#N)cc2)cc(C)c1OCc1ccccn1. The van der Waals surface area contributed by atoms with Crippen LogP contribution in [0.4, 0.5) is 0 Å². The van der Waals surface area contributed by atoms with Crippen molar-refractivity contribution in [2.75, 3.05) is 0 Å². The highest BCUT2D eigenvalue weighted by atomic mass is 16.5. The van der Waals surface area contributed by atoms with Crippen molar-refractivity contribution in [1.82, 2.24) is 4.98 Å². The monoisotopic (exact) mass is 368 g/mol. The minimum absolute atomic E-state index is 0.102. The summed E-state index contributed by atoms with van der Waals surface area (Å²) in [5.74, 6) is 0.733. The largest absolute Gasteiger partial charge is 0.487 e. The first-order chi connectivity index (χ1) is 13.6. The van der Waals surface area contributed by atoms with Gasteiger partial charge in [-0.1, -0.05) is 12.1 Å². The molecule has 1 aromatic heterocycles. The lowest BCUT2D eigenvalue weighted by Gasteiger charge is -2.13. The summed E-state index contributed by atoms with van der Waals surface area (Å²) in [7, 11) is 0. The molecule has 3 aromatic rings. The lowest BCUT2D eigenvalue weighted by Crippen LogP contribution is -2.01. The summed E-state index contributed by atoms with van der Waals surface area (Å²) in [6, 6.07) is 18.4. The molecule has 0 aliphatic heterocycles. The van der Waals surface area contributed by atoms with Crippen molar-refractivity contribution in [3.63, 3.8) is 0 Å². The highest BCUT2D eigenvalue weighted by Gasteiger charge is 2.07. The molecule has 3 rings (SSSR count). The standard InChI is InChI=1S/C24H20N2O2/c1-17-13-20(8-11-23(27)21-9-6-19(15-25)7-10-21)14-18(2)24(17)28-16-22-5-3-4-12-26-22/h3-14H,16H2,1-2H3. The third-order valence-corrected chi connectivity index (χ3v) is 4.30. The molecule has 138 valence electrons. The maximum atomic E-state index is 12.3. The van der Waals surface area contributed by atoms with E-state index in [0.717, 1.165) is 28.1 Å². The molecule has 0 N–H and O–H groups in total. The molecule has 4 heteroatoms. The Morgan fingerprint density at radius 2 is 1.82 bits per heavy atom. The van der Waals surface area contributed by atoms with Gasteiger partial charge in [-0.15, -0.1) is 0 Å². The van der Waals surface area contributed by atoms with Crippen molar-refractivity contribution in [3.05, 3.63) is 100 Å². The first-order valence-electron chi connectivity index (χ1n) is 8.93. The number of allylic oxidation sites excluding steroid dienone is 1. The van der Waals surface area contributed by atoms with Crippen LogP contribution in [0.15, 0.2) is 66.9 Å². The van der Waals surface area contributed by atoms with Gasteiger partial charge in [0.25, 0.3) is 0 Å². The number of aryl methyl sites for hydroxylation is 2. The summed E-state index contributed by atoms with van der Waals surface area (Å²) in [5.41, 5.74) is 4.90. The van der Waals surface area contributed by atoms with Crippen molar-refractivity contribution < 1.29 is 9.53 Å². The normalized spacial score (nSPS) is 10.6. The van der Waals surface area contributed by atoms with Crippen LogP contribution in [-0.2, 0) is 6.61 Å². The van der Waals surface area contributed by atoms with Crippen LogP contribution in [0.25, 0.3) is 6.08 Å².